The Morgan fingerprint density at radius 1 is 1.28 bits per heavy atom. The maximum atomic E-state index is 12.2. The van der Waals surface area contributed by atoms with Gasteiger partial charge in [-0.2, -0.15) is 4.73 Å². The molecule has 0 unspecified atom stereocenters. The molecule has 1 N–H and O–H groups in total. The molecule has 1 aliphatic rings. The largest absolute Gasteiger partial charge is 0.618 e. The van der Waals surface area contributed by atoms with Crippen molar-refractivity contribution in [2.24, 2.45) is 5.92 Å². The normalized spacial score (nSPS) is 20.2. The summed E-state index contributed by atoms with van der Waals surface area (Å²) in [6, 6.07) is 12.3. The van der Waals surface area contributed by atoms with Crippen LogP contribution in [0.3, 0.4) is 0 Å². The number of nitrogens with zero attached hydrogens (tertiary/aromatic N) is 1. The molecule has 0 saturated heterocycles. The van der Waals surface area contributed by atoms with E-state index in [4.69, 9.17) is 4.74 Å². The van der Waals surface area contributed by atoms with Crippen LogP contribution in [0.25, 0.3) is 0 Å². The fourth-order valence-electron chi connectivity index (χ4n) is 3.28. The summed E-state index contributed by atoms with van der Waals surface area (Å²) in [6.07, 6.45) is 6.40. The van der Waals surface area contributed by atoms with E-state index in [2.05, 4.69) is 12.2 Å². The summed E-state index contributed by atoms with van der Waals surface area (Å²) in [6.45, 7) is 2.81. The topological polar surface area (TPSA) is 65.3 Å². The summed E-state index contributed by atoms with van der Waals surface area (Å²) in [5.74, 6) is 0.309. The molecule has 2 aromatic rings. The van der Waals surface area contributed by atoms with Crippen LogP contribution in [0, 0.1) is 11.1 Å². The van der Waals surface area contributed by atoms with Crippen molar-refractivity contribution >= 4 is 11.6 Å². The molecule has 3 rings (SSSR count). The highest BCUT2D eigenvalue weighted by atomic mass is 16.5. The van der Waals surface area contributed by atoms with Gasteiger partial charge in [0.25, 0.3) is 5.69 Å². The van der Waals surface area contributed by atoms with Gasteiger partial charge in [-0.05, 0) is 42.5 Å². The van der Waals surface area contributed by atoms with Crippen molar-refractivity contribution in [2.45, 2.75) is 45.3 Å². The molecular formula is C20H24N2O3. The molecule has 5 nitrogen and oxygen atoms in total. The minimum atomic E-state index is -0.422. The van der Waals surface area contributed by atoms with E-state index in [0.29, 0.717) is 23.1 Å². The molecule has 0 bridgehead atoms. The molecule has 1 fully saturated rings. The third kappa shape index (κ3) is 4.79. The number of aromatic nitrogens is 1. The first-order valence-corrected chi connectivity index (χ1v) is 8.82. The van der Waals surface area contributed by atoms with Crippen molar-refractivity contribution < 1.29 is 14.3 Å². The predicted molar refractivity (Wildman–Crippen MR) is 96.0 cm³/mol. The Hall–Kier alpha value is -2.40. The van der Waals surface area contributed by atoms with Crippen molar-refractivity contribution in [2.75, 3.05) is 5.32 Å². The lowest BCUT2D eigenvalue weighted by molar-refractivity contribution is -0.607. The molecule has 1 aromatic heterocycles. The van der Waals surface area contributed by atoms with Gasteiger partial charge in [-0.25, -0.2) is 0 Å². The number of benzene rings is 1. The zero-order valence-electron chi connectivity index (χ0n) is 14.5. The van der Waals surface area contributed by atoms with Crippen molar-refractivity contribution in [1.29, 1.82) is 0 Å². The van der Waals surface area contributed by atoms with Crippen LogP contribution in [-0.2, 0) is 11.3 Å². The minimum absolute atomic E-state index is 0.0698. The van der Waals surface area contributed by atoms with Crippen molar-refractivity contribution in [1.82, 2.24) is 0 Å². The fraction of sp³-hybridized carbons (Fsp3) is 0.400. The molecule has 132 valence electrons. The van der Waals surface area contributed by atoms with E-state index in [-0.39, 0.29) is 5.69 Å². The number of ether oxygens (including phenoxy) is 1. The summed E-state index contributed by atoms with van der Waals surface area (Å²) >= 11 is 0. The second kappa shape index (κ2) is 8.12. The molecule has 25 heavy (non-hydrogen) atoms. The van der Waals surface area contributed by atoms with Crippen molar-refractivity contribution in [3.63, 3.8) is 0 Å². The summed E-state index contributed by atoms with van der Waals surface area (Å²) in [5.41, 5.74) is 1.74. The van der Waals surface area contributed by atoms with Gasteiger partial charge >= 0.3 is 5.91 Å². The van der Waals surface area contributed by atoms with Crippen molar-refractivity contribution in [3.05, 3.63) is 65.1 Å². The van der Waals surface area contributed by atoms with Gasteiger partial charge in [0, 0.05) is 17.8 Å². The molecule has 1 aromatic carbocycles. The second-order valence-electron chi connectivity index (χ2n) is 6.77. The number of rotatable bonds is 5. The molecule has 0 radical (unpaired) electrons. The van der Waals surface area contributed by atoms with Crippen LogP contribution in [0.2, 0.25) is 0 Å². The number of nitrogens with one attached hydrogen (secondary N) is 1. The zero-order valence-corrected chi connectivity index (χ0v) is 14.5. The van der Waals surface area contributed by atoms with E-state index in [1.807, 2.05) is 24.3 Å². The van der Waals surface area contributed by atoms with E-state index in [0.717, 1.165) is 24.3 Å². The third-order valence-electron chi connectivity index (χ3n) is 4.62. The van der Waals surface area contributed by atoms with Gasteiger partial charge in [0.2, 0.25) is 0 Å². The quantitative estimate of drug-likeness (QED) is 0.667. The number of carbonyl (C=O) groups excluding carboxylic acids is 1. The van der Waals surface area contributed by atoms with Crippen LogP contribution in [0.1, 0.15) is 48.7 Å². The van der Waals surface area contributed by atoms with Gasteiger partial charge in [-0.1, -0.05) is 31.9 Å². The van der Waals surface area contributed by atoms with Crippen LogP contribution in [0.15, 0.2) is 48.7 Å². The summed E-state index contributed by atoms with van der Waals surface area (Å²) in [4.78, 5) is 12.2. The first-order valence-electron chi connectivity index (χ1n) is 8.82. The van der Waals surface area contributed by atoms with E-state index in [1.165, 1.54) is 25.1 Å². The molecule has 2 atom stereocenters. The highest BCUT2D eigenvalue weighted by Gasteiger charge is 2.19. The van der Waals surface area contributed by atoms with Crippen LogP contribution >= 0.6 is 0 Å². The number of pyridine rings is 1. The van der Waals surface area contributed by atoms with E-state index in [1.54, 1.807) is 12.1 Å². The van der Waals surface area contributed by atoms with Gasteiger partial charge in [-0.3, -0.25) is 4.79 Å². The Bertz CT molecular complexity index is 732. The molecule has 1 heterocycles. The minimum Gasteiger partial charge on any atom is -0.618 e. The molecular weight excluding hydrogens is 316 g/mol. The zero-order chi connectivity index (χ0) is 17.6. The molecule has 0 spiro atoms. The SMILES string of the molecule is C[C@@H]1CCC[C@@H](OCc2cccc(NC(=O)c3cccc[n+]3[O-])c2)C1. The van der Waals surface area contributed by atoms with Crippen LogP contribution in [0.5, 0.6) is 0 Å². The lowest BCUT2D eigenvalue weighted by Crippen LogP contribution is -2.36. The highest BCUT2D eigenvalue weighted by Crippen LogP contribution is 2.26. The average molecular weight is 340 g/mol. The summed E-state index contributed by atoms with van der Waals surface area (Å²) < 4.78 is 6.60. The van der Waals surface area contributed by atoms with Gasteiger partial charge in [0.15, 0.2) is 6.20 Å². The monoisotopic (exact) mass is 340 g/mol. The van der Waals surface area contributed by atoms with Crippen LogP contribution < -0.4 is 10.0 Å². The number of hydrogen-bond donors (Lipinski definition) is 1. The van der Waals surface area contributed by atoms with Crippen LogP contribution in [0.4, 0.5) is 5.69 Å². The van der Waals surface area contributed by atoms with E-state index in [9.17, 15) is 10.0 Å². The molecule has 5 heteroatoms. The van der Waals surface area contributed by atoms with Gasteiger partial charge in [-0.15, -0.1) is 0 Å². The van der Waals surface area contributed by atoms with E-state index < -0.39 is 5.91 Å². The standard InChI is InChI=1S/C20H24N2O3/c1-15-6-4-9-18(12-15)25-14-16-7-5-8-17(13-16)21-20(23)19-10-2-3-11-22(19)24/h2-3,5,7-8,10-11,13,15,18H,4,6,9,12,14H2,1H3,(H,21,23)/t15-,18-/m1/s1. The lowest BCUT2D eigenvalue weighted by Gasteiger charge is -2.26. The Kier molecular flexibility index (Phi) is 5.66. The number of hydrogen-bond acceptors (Lipinski definition) is 3. The Morgan fingerprint density at radius 2 is 2.16 bits per heavy atom. The molecule has 0 aliphatic heterocycles. The lowest BCUT2D eigenvalue weighted by atomic mass is 9.89. The first kappa shape index (κ1) is 17.4. The maximum Gasteiger partial charge on any atom is 0.321 e. The molecule has 1 aliphatic carbocycles. The number of anilines is 1. The van der Waals surface area contributed by atoms with E-state index >= 15 is 0 Å². The third-order valence-corrected chi connectivity index (χ3v) is 4.62. The average Bonchev–Trinajstić information content (AvgIpc) is 2.61. The highest BCUT2D eigenvalue weighted by molar-refractivity contribution is 6.01. The summed E-state index contributed by atoms with van der Waals surface area (Å²) in [7, 11) is 0. The fourth-order valence-corrected chi connectivity index (χ4v) is 3.28. The Morgan fingerprint density at radius 3 is 2.96 bits per heavy atom. The predicted octanol–water partition coefficient (Wildman–Crippen LogP) is 3.67. The van der Waals surface area contributed by atoms with Gasteiger partial charge in [0.05, 0.1) is 12.7 Å². The van der Waals surface area contributed by atoms with Gasteiger partial charge < -0.3 is 15.3 Å². The Balaban J connectivity index is 1.59. The van der Waals surface area contributed by atoms with Crippen molar-refractivity contribution in [3.8, 4) is 0 Å². The Labute approximate surface area is 148 Å². The second-order valence-corrected chi connectivity index (χ2v) is 6.77. The van der Waals surface area contributed by atoms with Gasteiger partial charge in [0.1, 0.15) is 0 Å². The smallest absolute Gasteiger partial charge is 0.321 e. The number of carbonyl (C=O) groups is 1. The first-order chi connectivity index (χ1) is 12.1. The summed E-state index contributed by atoms with van der Waals surface area (Å²) in [5, 5.41) is 14.4. The molecule has 1 saturated carbocycles. The maximum absolute atomic E-state index is 12.2. The number of amides is 1. The van der Waals surface area contributed by atoms with Crippen LogP contribution in [-0.4, -0.2) is 12.0 Å². The molecule has 1 amide bonds.